The number of rotatable bonds is 5. The fraction of sp³-hybridized carbons (Fsp3) is 0.280. The second kappa shape index (κ2) is 9.02. The zero-order valence-corrected chi connectivity index (χ0v) is 18.3. The summed E-state index contributed by atoms with van der Waals surface area (Å²) in [6, 6.07) is 18.1. The molecule has 2 heterocycles. The molecule has 2 aromatic carbocycles. The lowest BCUT2D eigenvalue weighted by Gasteiger charge is -2.41. The average molecular weight is 437 g/mol. The van der Waals surface area contributed by atoms with Gasteiger partial charge in [-0.05, 0) is 60.0 Å². The van der Waals surface area contributed by atoms with Crippen LogP contribution in [0.3, 0.4) is 0 Å². The SMILES string of the molecule is CNC(=O)C1(Cc2ccccc2-c2cccs2)CCN(C(=O)c2cccc(F)c2)CC1. The van der Waals surface area contributed by atoms with Crippen LogP contribution in [0, 0.1) is 11.2 Å². The molecule has 1 fully saturated rings. The first-order valence-electron chi connectivity index (χ1n) is 10.4. The summed E-state index contributed by atoms with van der Waals surface area (Å²) in [6.45, 7) is 0.924. The van der Waals surface area contributed by atoms with Gasteiger partial charge in [-0.25, -0.2) is 4.39 Å². The minimum absolute atomic E-state index is 0.00587. The highest BCUT2D eigenvalue weighted by molar-refractivity contribution is 7.13. The zero-order chi connectivity index (χ0) is 21.8. The molecule has 160 valence electrons. The molecular weight excluding hydrogens is 411 g/mol. The standard InChI is InChI=1S/C25H25FN2O2S/c1-27-24(30)25(17-19-6-2-3-9-21(19)22-10-5-15-31-22)11-13-28(14-12-25)23(29)18-7-4-8-20(26)16-18/h2-10,15-16H,11-14,17H2,1H3,(H,27,30). The van der Waals surface area contributed by atoms with Crippen LogP contribution in [0.25, 0.3) is 10.4 Å². The Balaban J connectivity index is 1.56. The summed E-state index contributed by atoms with van der Waals surface area (Å²) in [7, 11) is 1.67. The fourth-order valence-corrected chi connectivity index (χ4v) is 5.19. The molecule has 1 saturated heterocycles. The van der Waals surface area contributed by atoms with E-state index in [4.69, 9.17) is 0 Å². The third-order valence-electron chi connectivity index (χ3n) is 6.12. The molecule has 3 aromatic rings. The molecule has 0 bridgehead atoms. The van der Waals surface area contributed by atoms with Crippen LogP contribution in [0.5, 0.6) is 0 Å². The Labute approximate surface area is 185 Å². The van der Waals surface area contributed by atoms with Crippen LogP contribution in [0.15, 0.2) is 66.0 Å². The lowest BCUT2D eigenvalue weighted by molar-refractivity contribution is -0.133. The first kappa shape index (κ1) is 21.2. The number of carbonyl (C=O) groups excluding carboxylic acids is 2. The van der Waals surface area contributed by atoms with E-state index in [0.717, 1.165) is 11.1 Å². The van der Waals surface area contributed by atoms with E-state index in [1.807, 2.05) is 18.2 Å². The van der Waals surface area contributed by atoms with Crippen molar-refractivity contribution in [3.63, 3.8) is 0 Å². The zero-order valence-electron chi connectivity index (χ0n) is 17.4. The van der Waals surface area contributed by atoms with E-state index in [1.165, 1.54) is 17.0 Å². The summed E-state index contributed by atoms with van der Waals surface area (Å²) in [5, 5.41) is 4.90. The topological polar surface area (TPSA) is 49.4 Å². The van der Waals surface area contributed by atoms with Gasteiger partial charge in [-0.1, -0.05) is 36.4 Å². The van der Waals surface area contributed by atoms with Gasteiger partial charge in [-0.2, -0.15) is 0 Å². The number of amides is 2. The molecule has 0 saturated carbocycles. The second-order valence-electron chi connectivity index (χ2n) is 7.97. The van der Waals surface area contributed by atoms with Gasteiger partial charge in [0.05, 0.1) is 5.41 Å². The van der Waals surface area contributed by atoms with Crippen molar-refractivity contribution in [2.45, 2.75) is 19.3 Å². The van der Waals surface area contributed by atoms with Crippen LogP contribution >= 0.6 is 11.3 Å². The fourth-order valence-electron chi connectivity index (χ4n) is 4.40. The molecule has 0 atom stereocenters. The maximum atomic E-state index is 13.5. The first-order valence-corrected chi connectivity index (χ1v) is 11.3. The third-order valence-corrected chi connectivity index (χ3v) is 7.02. The number of piperidine rings is 1. The largest absolute Gasteiger partial charge is 0.359 e. The van der Waals surface area contributed by atoms with Crippen molar-refractivity contribution >= 4 is 23.2 Å². The molecule has 6 heteroatoms. The van der Waals surface area contributed by atoms with Crippen molar-refractivity contribution in [1.29, 1.82) is 0 Å². The smallest absolute Gasteiger partial charge is 0.253 e. The van der Waals surface area contributed by atoms with Gasteiger partial charge in [0.15, 0.2) is 0 Å². The summed E-state index contributed by atoms with van der Waals surface area (Å²) in [5.74, 6) is -0.608. The van der Waals surface area contributed by atoms with Gasteiger partial charge in [0.2, 0.25) is 5.91 Å². The van der Waals surface area contributed by atoms with Crippen molar-refractivity contribution < 1.29 is 14.0 Å². The molecule has 2 amide bonds. The molecule has 0 spiro atoms. The molecule has 1 aromatic heterocycles. The van der Waals surface area contributed by atoms with Crippen LogP contribution in [-0.2, 0) is 11.2 Å². The Morgan fingerprint density at radius 3 is 2.52 bits per heavy atom. The highest BCUT2D eigenvalue weighted by Gasteiger charge is 2.42. The quantitative estimate of drug-likeness (QED) is 0.627. The average Bonchev–Trinajstić information content (AvgIpc) is 3.33. The van der Waals surface area contributed by atoms with E-state index in [1.54, 1.807) is 35.4 Å². The number of thiophene rings is 1. The lowest BCUT2D eigenvalue weighted by Crippen LogP contribution is -2.50. The molecule has 0 aliphatic carbocycles. The Kier molecular flexibility index (Phi) is 6.18. The summed E-state index contributed by atoms with van der Waals surface area (Å²) in [4.78, 5) is 28.8. The maximum absolute atomic E-state index is 13.5. The molecule has 4 rings (SSSR count). The van der Waals surface area contributed by atoms with E-state index in [-0.39, 0.29) is 11.8 Å². The van der Waals surface area contributed by atoms with Crippen LogP contribution < -0.4 is 5.32 Å². The van der Waals surface area contributed by atoms with E-state index < -0.39 is 11.2 Å². The second-order valence-corrected chi connectivity index (χ2v) is 8.92. The molecule has 1 N–H and O–H groups in total. The number of carbonyl (C=O) groups is 2. The monoisotopic (exact) mass is 436 g/mol. The summed E-state index contributed by atoms with van der Waals surface area (Å²) >= 11 is 1.68. The van der Waals surface area contributed by atoms with Gasteiger partial charge >= 0.3 is 0 Å². The maximum Gasteiger partial charge on any atom is 0.253 e. The molecule has 31 heavy (non-hydrogen) atoms. The normalized spacial score (nSPS) is 15.5. The van der Waals surface area contributed by atoms with Gasteiger partial charge < -0.3 is 10.2 Å². The molecule has 1 aliphatic heterocycles. The van der Waals surface area contributed by atoms with Crippen molar-refractivity contribution in [2.24, 2.45) is 5.41 Å². The van der Waals surface area contributed by atoms with Gasteiger partial charge in [-0.3, -0.25) is 9.59 Å². The van der Waals surface area contributed by atoms with Crippen LogP contribution in [0.2, 0.25) is 0 Å². The van der Waals surface area contributed by atoms with Crippen LogP contribution in [0.4, 0.5) is 4.39 Å². The van der Waals surface area contributed by atoms with Crippen molar-refractivity contribution in [2.75, 3.05) is 20.1 Å². The van der Waals surface area contributed by atoms with Crippen LogP contribution in [-0.4, -0.2) is 36.9 Å². The van der Waals surface area contributed by atoms with Gasteiger partial charge in [0.1, 0.15) is 5.82 Å². The van der Waals surface area contributed by atoms with Gasteiger partial charge in [0.25, 0.3) is 5.91 Å². The number of hydrogen-bond donors (Lipinski definition) is 1. The molecule has 4 nitrogen and oxygen atoms in total. The molecular formula is C25H25FN2O2S. The number of nitrogens with one attached hydrogen (secondary N) is 1. The Morgan fingerprint density at radius 1 is 1.06 bits per heavy atom. The third kappa shape index (κ3) is 4.39. The summed E-state index contributed by atoms with van der Waals surface area (Å²) in [5.41, 5.74) is 2.05. The Bertz CT molecular complexity index is 1070. The number of hydrogen-bond acceptors (Lipinski definition) is 3. The van der Waals surface area contributed by atoms with Crippen molar-refractivity contribution in [1.82, 2.24) is 10.2 Å². The van der Waals surface area contributed by atoms with Crippen molar-refractivity contribution in [3.05, 3.63) is 83.0 Å². The van der Waals surface area contributed by atoms with Gasteiger partial charge in [-0.15, -0.1) is 11.3 Å². The highest BCUT2D eigenvalue weighted by Crippen LogP contribution is 2.39. The highest BCUT2D eigenvalue weighted by atomic mass is 32.1. The van der Waals surface area contributed by atoms with Crippen molar-refractivity contribution in [3.8, 4) is 10.4 Å². The van der Waals surface area contributed by atoms with Gasteiger partial charge in [0, 0.05) is 30.6 Å². The number of nitrogens with zero attached hydrogens (tertiary/aromatic N) is 1. The number of likely N-dealkylation sites (tertiary alicyclic amines) is 1. The molecule has 1 aliphatic rings. The Morgan fingerprint density at radius 2 is 1.84 bits per heavy atom. The van der Waals surface area contributed by atoms with Crippen LogP contribution in [0.1, 0.15) is 28.8 Å². The Hall–Kier alpha value is -2.99. The van der Waals surface area contributed by atoms with E-state index in [0.29, 0.717) is 37.9 Å². The van der Waals surface area contributed by atoms with E-state index in [9.17, 15) is 14.0 Å². The predicted molar refractivity (Wildman–Crippen MR) is 121 cm³/mol. The first-order chi connectivity index (χ1) is 15.0. The molecule has 0 unspecified atom stereocenters. The number of halogens is 1. The van der Waals surface area contributed by atoms with E-state index >= 15 is 0 Å². The minimum atomic E-state index is -0.583. The number of benzene rings is 2. The van der Waals surface area contributed by atoms with E-state index in [2.05, 4.69) is 28.9 Å². The molecule has 0 radical (unpaired) electrons. The predicted octanol–water partition coefficient (Wildman–Crippen LogP) is 4.77. The lowest BCUT2D eigenvalue weighted by atomic mass is 9.72. The summed E-state index contributed by atoms with van der Waals surface area (Å²) in [6.07, 6.45) is 1.74. The minimum Gasteiger partial charge on any atom is -0.359 e. The summed E-state index contributed by atoms with van der Waals surface area (Å²) < 4.78 is 13.5.